The first-order chi connectivity index (χ1) is 17.6. The van der Waals surface area contributed by atoms with Gasteiger partial charge in [0.1, 0.15) is 0 Å². The lowest BCUT2D eigenvalue weighted by Crippen LogP contribution is -2.55. The number of hydrogen-bond donors (Lipinski definition) is 0. The highest BCUT2D eigenvalue weighted by Gasteiger charge is 2.29. The number of amides is 2. The van der Waals surface area contributed by atoms with Crippen LogP contribution in [0.2, 0.25) is 0 Å². The summed E-state index contributed by atoms with van der Waals surface area (Å²) in [5, 5.41) is 11.6. The Kier molecular flexibility index (Phi) is 9.58. The van der Waals surface area contributed by atoms with Crippen molar-refractivity contribution in [2.24, 2.45) is 0 Å². The topological polar surface area (TPSA) is 71.3 Å². The number of rotatable bonds is 11. The smallest absolute Gasteiger partial charge is 0.233 e. The first-order valence-corrected chi connectivity index (χ1v) is 14.7. The van der Waals surface area contributed by atoms with Crippen LogP contribution in [0.15, 0.2) is 53.0 Å². The molecule has 0 N–H and O–H groups in total. The van der Waals surface area contributed by atoms with Crippen LogP contribution in [-0.4, -0.2) is 67.8 Å². The van der Waals surface area contributed by atoms with Gasteiger partial charge in [0.05, 0.1) is 10.6 Å². The van der Waals surface area contributed by atoms with Crippen molar-refractivity contribution in [3.63, 3.8) is 0 Å². The van der Waals surface area contributed by atoms with Crippen LogP contribution < -0.4 is 0 Å². The van der Waals surface area contributed by atoms with Crippen LogP contribution in [0.1, 0.15) is 52.4 Å². The lowest BCUT2D eigenvalue weighted by atomic mass is 10.1. The first kappa shape index (κ1) is 26.4. The number of benzene rings is 1. The molecule has 1 fully saturated rings. The number of aromatic nitrogens is 3. The molecule has 3 heterocycles. The Balaban J connectivity index is 1.34. The van der Waals surface area contributed by atoms with E-state index in [2.05, 4.69) is 17.1 Å². The Labute approximate surface area is 221 Å². The number of nitrogens with zero attached hydrogens (tertiary/aromatic N) is 5. The quantitative estimate of drug-likeness (QED) is 0.244. The minimum atomic E-state index is 0.0363. The lowest BCUT2D eigenvalue weighted by Gasteiger charge is -2.40. The minimum Gasteiger partial charge on any atom is -0.338 e. The van der Waals surface area contributed by atoms with Gasteiger partial charge in [0, 0.05) is 37.8 Å². The molecule has 7 nitrogen and oxygen atoms in total. The van der Waals surface area contributed by atoms with Gasteiger partial charge in [-0.05, 0) is 36.9 Å². The molecule has 9 heteroatoms. The number of para-hydroxylation sites is 1. The van der Waals surface area contributed by atoms with Crippen LogP contribution >= 0.6 is 23.1 Å². The van der Waals surface area contributed by atoms with E-state index in [1.165, 1.54) is 31.0 Å². The number of carbonyl (C=O) groups is 2. The Hall–Kier alpha value is -2.65. The van der Waals surface area contributed by atoms with Crippen molar-refractivity contribution in [3.8, 4) is 16.4 Å². The molecule has 1 atom stereocenters. The van der Waals surface area contributed by atoms with E-state index in [0.717, 1.165) is 29.2 Å². The number of thioether (sulfide) groups is 1. The van der Waals surface area contributed by atoms with Crippen molar-refractivity contribution in [2.45, 2.75) is 63.6 Å². The Bertz CT molecular complexity index is 1120. The van der Waals surface area contributed by atoms with Gasteiger partial charge in [0.25, 0.3) is 0 Å². The fourth-order valence-corrected chi connectivity index (χ4v) is 6.09. The molecule has 36 heavy (non-hydrogen) atoms. The Morgan fingerprint density at radius 2 is 1.81 bits per heavy atom. The number of hydrogen-bond acceptors (Lipinski definition) is 6. The summed E-state index contributed by atoms with van der Waals surface area (Å²) >= 11 is 3.03. The third-order valence-electron chi connectivity index (χ3n) is 6.51. The van der Waals surface area contributed by atoms with E-state index in [-0.39, 0.29) is 23.6 Å². The van der Waals surface area contributed by atoms with Gasteiger partial charge in [-0.1, -0.05) is 68.6 Å². The van der Waals surface area contributed by atoms with Gasteiger partial charge in [0.15, 0.2) is 11.0 Å². The van der Waals surface area contributed by atoms with Crippen LogP contribution in [0.3, 0.4) is 0 Å². The molecule has 3 aromatic rings. The third-order valence-corrected chi connectivity index (χ3v) is 8.29. The molecule has 1 aliphatic heterocycles. The molecule has 0 aliphatic carbocycles. The first-order valence-electron chi connectivity index (χ1n) is 12.8. The van der Waals surface area contributed by atoms with Crippen LogP contribution in [0, 0.1) is 0 Å². The molecule has 1 aliphatic rings. The van der Waals surface area contributed by atoms with Crippen molar-refractivity contribution >= 4 is 34.9 Å². The normalized spacial score (nSPS) is 15.9. The molecule has 0 spiro atoms. The summed E-state index contributed by atoms with van der Waals surface area (Å²) in [5.74, 6) is 1.35. The molecule has 192 valence electrons. The molecule has 2 aromatic heterocycles. The Morgan fingerprint density at radius 1 is 1.00 bits per heavy atom. The second kappa shape index (κ2) is 13.1. The van der Waals surface area contributed by atoms with Crippen molar-refractivity contribution in [1.82, 2.24) is 24.6 Å². The molecular weight excluding hydrogens is 490 g/mol. The summed E-state index contributed by atoms with van der Waals surface area (Å²) < 4.78 is 2.02. The molecule has 1 unspecified atom stereocenters. The average Bonchev–Trinajstić information content (AvgIpc) is 3.57. The zero-order chi connectivity index (χ0) is 25.3. The standard InChI is InChI=1S/C27H35N5O2S2/c1-3-4-5-6-10-15-24(33)31-17-16-30(19-21(31)2)25(34)20-36-27-29-28-26(23-14-11-18-35-23)32(27)22-12-8-7-9-13-22/h7-9,11-14,18,21H,3-6,10,15-17,19-20H2,1-2H3. The summed E-state index contributed by atoms with van der Waals surface area (Å²) in [6.07, 6.45) is 6.33. The number of carbonyl (C=O) groups excluding carboxylic acids is 2. The maximum absolute atomic E-state index is 13.1. The van der Waals surface area contributed by atoms with Gasteiger partial charge in [-0.2, -0.15) is 0 Å². The average molecular weight is 526 g/mol. The van der Waals surface area contributed by atoms with E-state index in [4.69, 9.17) is 0 Å². The van der Waals surface area contributed by atoms with Crippen LogP contribution in [0.5, 0.6) is 0 Å². The number of thiophene rings is 1. The van der Waals surface area contributed by atoms with Gasteiger partial charge in [0.2, 0.25) is 11.8 Å². The van der Waals surface area contributed by atoms with Gasteiger partial charge < -0.3 is 9.80 Å². The molecule has 0 radical (unpaired) electrons. The van der Waals surface area contributed by atoms with Crippen molar-refractivity contribution in [1.29, 1.82) is 0 Å². The van der Waals surface area contributed by atoms with Crippen LogP contribution in [-0.2, 0) is 9.59 Å². The van der Waals surface area contributed by atoms with E-state index in [0.29, 0.717) is 31.2 Å². The third kappa shape index (κ3) is 6.56. The van der Waals surface area contributed by atoms with Gasteiger partial charge in [-0.3, -0.25) is 14.2 Å². The number of piperazine rings is 1. The number of unbranched alkanes of at least 4 members (excludes halogenated alkanes) is 4. The molecular formula is C27H35N5O2S2. The van der Waals surface area contributed by atoms with E-state index < -0.39 is 0 Å². The zero-order valence-corrected chi connectivity index (χ0v) is 22.8. The molecule has 0 saturated carbocycles. The van der Waals surface area contributed by atoms with E-state index in [1.807, 2.05) is 69.1 Å². The molecule has 0 bridgehead atoms. The van der Waals surface area contributed by atoms with E-state index in [1.54, 1.807) is 11.3 Å². The highest BCUT2D eigenvalue weighted by atomic mass is 32.2. The van der Waals surface area contributed by atoms with Gasteiger partial charge in [-0.15, -0.1) is 21.5 Å². The second-order valence-electron chi connectivity index (χ2n) is 9.18. The maximum atomic E-state index is 13.1. The lowest BCUT2D eigenvalue weighted by molar-refractivity contribution is -0.141. The summed E-state index contributed by atoms with van der Waals surface area (Å²) in [6, 6.07) is 14.1. The maximum Gasteiger partial charge on any atom is 0.233 e. The summed E-state index contributed by atoms with van der Waals surface area (Å²) in [5.41, 5.74) is 0.969. The highest BCUT2D eigenvalue weighted by molar-refractivity contribution is 7.99. The van der Waals surface area contributed by atoms with E-state index >= 15 is 0 Å². The second-order valence-corrected chi connectivity index (χ2v) is 11.1. The molecule has 1 aromatic carbocycles. The van der Waals surface area contributed by atoms with E-state index in [9.17, 15) is 9.59 Å². The van der Waals surface area contributed by atoms with Gasteiger partial charge >= 0.3 is 0 Å². The molecule has 1 saturated heterocycles. The van der Waals surface area contributed by atoms with Crippen molar-refractivity contribution in [2.75, 3.05) is 25.4 Å². The molecule has 2 amide bonds. The largest absolute Gasteiger partial charge is 0.338 e. The molecule has 4 rings (SSSR count). The van der Waals surface area contributed by atoms with Gasteiger partial charge in [-0.25, -0.2) is 0 Å². The zero-order valence-electron chi connectivity index (χ0n) is 21.1. The SMILES string of the molecule is CCCCCCCC(=O)N1CCN(C(=O)CSc2nnc(-c3cccs3)n2-c2ccccc2)CC1C. The van der Waals surface area contributed by atoms with Crippen LogP contribution in [0.25, 0.3) is 16.4 Å². The monoisotopic (exact) mass is 525 g/mol. The fourth-order valence-electron chi connectivity index (χ4n) is 4.53. The summed E-state index contributed by atoms with van der Waals surface area (Å²) in [6.45, 7) is 6.00. The summed E-state index contributed by atoms with van der Waals surface area (Å²) in [7, 11) is 0. The van der Waals surface area contributed by atoms with Crippen molar-refractivity contribution < 1.29 is 9.59 Å². The minimum absolute atomic E-state index is 0.0363. The Morgan fingerprint density at radius 3 is 2.53 bits per heavy atom. The predicted molar refractivity (Wildman–Crippen MR) is 147 cm³/mol. The van der Waals surface area contributed by atoms with Crippen molar-refractivity contribution in [3.05, 3.63) is 47.8 Å². The predicted octanol–water partition coefficient (Wildman–Crippen LogP) is 5.51. The fraction of sp³-hybridized carbons (Fsp3) is 0.481. The highest BCUT2D eigenvalue weighted by Crippen LogP contribution is 2.30. The summed E-state index contributed by atoms with van der Waals surface area (Å²) in [4.78, 5) is 30.7. The van der Waals surface area contributed by atoms with Crippen LogP contribution in [0.4, 0.5) is 0 Å².